The van der Waals surface area contributed by atoms with Gasteiger partial charge in [0.1, 0.15) is 0 Å². The van der Waals surface area contributed by atoms with Crippen molar-refractivity contribution in [2.24, 2.45) is 0 Å². The quantitative estimate of drug-likeness (QED) is 0.856. The topological polar surface area (TPSA) is 57.1 Å². The molecule has 94 valence electrons. The van der Waals surface area contributed by atoms with Gasteiger partial charge in [0.25, 0.3) is 0 Å². The van der Waals surface area contributed by atoms with Crippen molar-refractivity contribution < 1.29 is 13.9 Å². The van der Waals surface area contributed by atoms with E-state index in [4.69, 9.17) is 21.1 Å². The maximum atomic E-state index is 13.6. The van der Waals surface area contributed by atoms with Crippen LogP contribution in [-0.4, -0.2) is 29.2 Å². The van der Waals surface area contributed by atoms with E-state index in [2.05, 4.69) is 15.0 Å². The molecule has 0 fully saturated rings. The number of halogens is 2. The third-order valence-electron chi connectivity index (χ3n) is 2.18. The highest BCUT2D eigenvalue weighted by Gasteiger charge is 2.10. The Morgan fingerprint density at radius 2 is 1.89 bits per heavy atom. The second-order valence-electron chi connectivity index (χ2n) is 3.26. The van der Waals surface area contributed by atoms with Crippen molar-refractivity contribution in [1.29, 1.82) is 0 Å². The molecule has 0 aliphatic heterocycles. The van der Waals surface area contributed by atoms with E-state index in [1.54, 1.807) is 6.07 Å². The van der Waals surface area contributed by atoms with Gasteiger partial charge in [0.15, 0.2) is 17.4 Å². The Labute approximate surface area is 108 Å². The van der Waals surface area contributed by atoms with E-state index in [0.717, 1.165) is 0 Å². The molecule has 1 heterocycles. The predicted octanol–water partition coefficient (Wildman–Crippen LogP) is 2.35. The minimum Gasteiger partial charge on any atom is -0.494 e. The molecule has 0 saturated heterocycles. The fourth-order valence-corrected chi connectivity index (χ4v) is 1.51. The van der Waals surface area contributed by atoms with Crippen molar-refractivity contribution in [3.05, 3.63) is 29.3 Å². The van der Waals surface area contributed by atoms with Crippen molar-refractivity contribution in [2.45, 2.75) is 0 Å². The Morgan fingerprint density at radius 3 is 2.50 bits per heavy atom. The van der Waals surface area contributed by atoms with Crippen molar-refractivity contribution in [3.63, 3.8) is 0 Å². The Kier molecular flexibility index (Phi) is 3.57. The lowest BCUT2D eigenvalue weighted by atomic mass is 10.2. The highest BCUT2D eigenvalue weighted by Crippen LogP contribution is 2.24. The lowest BCUT2D eigenvalue weighted by Gasteiger charge is -2.05. The second kappa shape index (κ2) is 5.14. The molecular formula is C11H9ClFN3O2. The third kappa shape index (κ3) is 2.48. The van der Waals surface area contributed by atoms with Gasteiger partial charge in [-0.25, -0.2) is 4.39 Å². The van der Waals surface area contributed by atoms with Crippen LogP contribution in [0.15, 0.2) is 18.2 Å². The average Bonchev–Trinajstić information content (AvgIpc) is 2.37. The minimum absolute atomic E-state index is 0.0203. The number of aromatic nitrogens is 3. The summed E-state index contributed by atoms with van der Waals surface area (Å²) in [4.78, 5) is 11.6. The molecule has 2 rings (SSSR count). The lowest BCUT2D eigenvalue weighted by molar-refractivity contribution is 0.378. The van der Waals surface area contributed by atoms with E-state index in [-0.39, 0.29) is 22.9 Å². The fraction of sp³-hybridized carbons (Fsp3) is 0.182. The van der Waals surface area contributed by atoms with Crippen molar-refractivity contribution >= 4 is 11.6 Å². The van der Waals surface area contributed by atoms with Gasteiger partial charge in [-0.3, -0.25) is 0 Å². The van der Waals surface area contributed by atoms with Crippen molar-refractivity contribution in [3.8, 4) is 23.1 Å². The Bertz CT molecular complexity index is 580. The molecule has 0 spiro atoms. The van der Waals surface area contributed by atoms with Crippen LogP contribution in [0.2, 0.25) is 5.28 Å². The van der Waals surface area contributed by atoms with Crippen LogP contribution >= 0.6 is 11.6 Å². The van der Waals surface area contributed by atoms with E-state index in [0.29, 0.717) is 5.56 Å². The molecule has 18 heavy (non-hydrogen) atoms. The van der Waals surface area contributed by atoms with Gasteiger partial charge in [-0.2, -0.15) is 15.0 Å². The Hall–Kier alpha value is -1.95. The summed E-state index contributed by atoms with van der Waals surface area (Å²) < 4.78 is 23.3. The first kappa shape index (κ1) is 12.5. The highest BCUT2D eigenvalue weighted by molar-refractivity contribution is 6.28. The molecule has 0 radical (unpaired) electrons. The minimum atomic E-state index is -0.509. The normalized spacial score (nSPS) is 10.2. The zero-order chi connectivity index (χ0) is 13.1. The van der Waals surface area contributed by atoms with Crippen LogP contribution in [0, 0.1) is 5.82 Å². The Balaban J connectivity index is 2.48. The van der Waals surface area contributed by atoms with E-state index in [1.165, 1.54) is 26.4 Å². The van der Waals surface area contributed by atoms with Crippen LogP contribution in [0.4, 0.5) is 4.39 Å². The number of rotatable bonds is 3. The molecule has 0 aliphatic rings. The molecular weight excluding hydrogens is 261 g/mol. The van der Waals surface area contributed by atoms with Gasteiger partial charge in [0.05, 0.1) is 14.2 Å². The molecule has 0 saturated carbocycles. The van der Waals surface area contributed by atoms with Gasteiger partial charge in [-0.15, -0.1) is 0 Å². The first-order valence-electron chi connectivity index (χ1n) is 4.93. The van der Waals surface area contributed by atoms with Crippen molar-refractivity contribution in [2.75, 3.05) is 14.2 Å². The molecule has 0 unspecified atom stereocenters. The van der Waals surface area contributed by atoms with Gasteiger partial charge < -0.3 is 9.47 Å². The second-order valence-corrected chi connectivity index (χ2v) is 3.60. The van der Waals surface area contributed by atoms with Crippen LogP contribution in [-0.2, 0) is 0 Å². The predicted molar refractivity (Wildman–Crippen MR) is 63.3 cm³/mol. The number of nitrogens with zero attached hydrogens (tertiary/aromatic N) is 3. The van der Waals surface area contributed by atoms with Crippen LogP contribution < -0.4 is 9.47 Å². The number of methoxy groups -OCH3 is 2. The molecule has 2 aromatic rings. The molecule has 7 heteroatoms. The standard InChI is InChI=1S/C11H9ClFN3O2/c1-17-8-4-3-6(5-7(8)13)9-14-10(12)16-11(15-9)18-2/h3-5H,1-2H3. The zero-order valence-electron chi connectivity index (χ0n) is 9.65. The average molecular weight is 270 g/mol. The van der Waals surface area contributed by atoms with E-state index >= 15 is 0 Å². The van der Waals surface area contributed by atoms with Crippen LogP contribution in [0.3, 0.4) is 0 Å². The zero-order valence-corrected chi connectivity index (χ0v) is 10.4. The molecule has 0 aliphatic carbocycles. The van der Waals surface area contributed by atoms with Crippen molar-refractivity contribution in [1.82, 2.24) is 15.0 Å². The number of ether oxygens (including phenoxy) is 2. The fourth-order valence-electron chi connectivity index (χ4n) is 1.36. The SMILES string of the molecule is COc1nc(Cl)nc(-c2ccc(OC)c(F)c2)n1. The summed E-state index contributed by atoms with van der Waals surface area (Å²) in [6.45, 7) is 0. The van der Waals surface area contributed by atoms with Gasteiger partial charge in [0, 0.05) is 5.56 Å². The molecule has 0 bridgehead atoms. The monoisotopic (exact) mass is 269 g/mol. The van der Waals surface area contributed by atoms with Gasteiger partial charge >= 0.3 is 6.01 Å². The number of hydrogen-bond acceptors (Lipinski definition) is 5. The molecule has 0 amide bonds. The summed E-state index contributed by atoms with van der Waals surface area (Å²) in [7, 11) is 2.80. The summed E-state index contributed by atoms with van der Waals surface area (Å²) in [5.74, 6) is -0.134. The van der Waals surface area contributed by atoms with E-state index in [1.807, 2.05) is 0 Å². The smallest absolute Gasteiger partial charge is 0.321 e. The van der Waals surface area contributed by atoms with E-state index < -0.39 is 5.82 Å². The number of benzene rings is 1. The maximum Gasteiger partial charge on any atom is 0.321 e. The lowest BCUT2D eigenvalue weighted by Crippen LogP contribution is -1.98. The van der Waals surface area contributed by atoms with Gasteiger partial charge in [-0.1, -0.05) is 0 Å². The van der Waals surface area contributed by atoms with Crippen LogP contribution in [0.5, 0.6) is 11.8 Å². The summed E-state index contributed by atoms with van der Waals surface area (Å²) in [5, 5.41) is -0.0203. The Morgan fingerprint density at radius 1 is 1.11 bits per heavy atom. The third-order valence-corrected chi connectivity index (χ3v) is 2.35. The molecule has 1 aromatic heterocycles. The van der Waals surface area contributed by atoms with Gasteiger partial charge in [0.2, 0.25) is 5.28 Å². The maximum absolute atomic E-state index is 13.6. The van der Waals surface area contributed by atoms with Crippen LogP contribution in [0.1, 0.15) is 0 Å². The van der Waals surface area contributed by atoms with Gasteiger partial charge in [-0.05, 0) is 29.8 Å². The first-order chi connectivity index (χ1) is 8.63. The number of hydrogen-bond donors (Lipinski definition) is 0. The molecule has 1 aromatic carbocycles. The summed E-state index contributed by atoms with van der Waals surface area (Å²) in [5.41, 5.74) is 0.455. The largest absolute Gasteiger partial charge is 0.494 e. The van der Waals surface area contributed by atoms with E-state index in [9.17, 15) is 4.39 Å². The molecule has 0 atom stereocenters. The summed E-state index contributed by atoms with van der Waals surface area (Å²) in [6.07, 6.45) is 0. The summed E-state index contributed by atoms with van der Waals surface area (Å²) >= 11 is 5.72. The molecule has 5 nitrogen and oxygen atoms in total. The first-order valence-corrected chi connectivity index (χ1v) is 5.31. The summed E-state index contributed by atoms with van der Waals surface area (Å²) in [6, 6.07) is 4.42. The van der Waals surface area contributed by atoms with Crippen LogP contribution in [0.25, 0.3) is 11.4 Å². The highest BCUT2D eigenvalue weighted by atomic mass is 35.5. The molecule has 0 N–H and O–H groups in total.